The first kappa shape index (κ1) is 45.0. The minimum atomic E-state index is -4.67. The van der Waals surface area contributed by atoms with Gasteiger partial charge in [-0.25, -0.2) is 0 Å². The fourth-order valence-corrected chi connectivity index (χ4v) is 6.07. The molecule has 0 radical (unpaired) electrons. The average molecular weight is 763 g/mol. The number of hydrogen-bond donors (Lipinski definition) is 8. The molecule has 0 aliphatic carbocycles. The van der Waals surface area contributed by atoms with E-state index in [9.17, 15) is 19.5 Å². The van der Waals surface area contributed by atoms with Gasteiger partial charge in [-0.3, -0.25) is 32.6 Å². The van der Waals surface area contributed by atoms with E-state index in [1.165, 1.54) is 11.3 Å². The van der Waals surface area contributed by atoms with Crippen LogP contribution < -0.4 is 20.4 Å². The first-order valence-corrected chi connectivity index (χ1v) is 18.3. The van der Waals surface area contributed by atoms with Crippen LogP contribution in [0.25, 0.3) is 0 Å². The number of anilines is 4. The number of rotatable bonds is 6. The van der Waals surface area contributed by atoms with E-state index in [4.69, 9.17) is 40.2 Å². The van der Waals surface area contributed by atoms with E-state index in [0.29, 0.717) is 0 Å². The lowest BCUT2D eigenvalue weighted by Crippen LogP contribution is -2.29. The quantitative estimate of drug-likeness (QED) is 0.195. The Labute approximate surface area is 299 Å². The monoisotopic (exact) mass is 762 g/mol. The number of fused-ring (bicyclic) bond motifs is 2. The fourth-order valence-electron chi connectivity index (χ4n) is 6.07. The standard InChI is InChI=1S/C18H26N2O3.C14H20N2O2.2H2O4S/c1-10-12-7-8-20(6)16(12)15(19-17(23)18(3,4)5)11(2)13(10)9-14(21)22;1-8-10-5-6-16(4)14(10)13(15-3)9(2)11(8)7-12(17)18;2*1-5(2,3)4/h7-9H2,1-6H3,(H,19,23)(H,21,22);15H,5-7H2,1-4H3,(H,17,18);2*(H2,1,2,3,4). The molecule has 2 aromatic carbocycles. The van der Waals surface area contributed by atoms with Gasteiger partial charge < -0.3 is 30.6 Å². The van der Waals surface area contributed by atoms with Gasteiger partial charge in [-0.15, -0.1) is 0 Å². The molecule has 0 unspecified atom stereocenters. The lowest BCUT2D eigenvalue weighted by molar-refractivity contribution is -0.137. The maximum atomic E-state index is 12.5. The number of hydrogen-bond acceptors (Lipinski definition) is 10. The van der Waals surface area contributed by atoms with Gasteiger partial charge in [-0.05, 0) is 85.0 Å². The maximum Gasteiger partial charge on any atom is 0.394 e. The van der Waals surface area contributed by atoms with Crippen molar-refractivity contribution in [3.63, 3.8) is 0 Å². The molecule has 2 aliphatic heterocycles. The van der Waals surface area contributed by atoms with Gasteiger partial charge in [0.15, 0.2) is 0 Å². The van der Waals surface area contributed by atoms with Crippen molar-refractivity contribution in [1.82, 2.24) is 0 Å². The maximum absolute atomic E-state index is 12.5. The molecule has 19 heteroatoms. The molecule has 0 bridgehead atoms. The predicted octanol–water partition coefficient (Wildman–Crippen LogP) is 3.57. The summed E-state index contributed by atoms with van der Waals surface area (Å²) < 4.78 is 63.2. The largest absolute Gasteiger partial charge is 0.481 e. The van der Waals surface area contributed by atoms with Gasteiger partial charge in [0.2, 0.25) is 5.91 Å². The highest BCUT2D eigenvalue weighted by Gasteiger charge is 2.30. The summed E-state index contributed by atoms with van der Waals surface area (Å²) in [5, 5.41) is 24.6. The zero-order chi connectivity index (χ0) is 40.0. The Kier molecular flexibility index (Phi) is 15.4. The second kappa shape index (κ2) is 17.5. The van der Waals surface area contributed by atoms with Crippen molar-refractivity contribution in [3.05, 3.63) is 44.5 Å². The molecule has 0 fully saturated rings. The summed E-state index contributed by atoms with van der Waals surface area (Å²) in [5.41, 5.74) is 11.9. The molecule has 51 heavy (non-hydrogen) atoms. The van der Waals surface area contributed by atoms with Crippen LogP contribution in [0.5, 0.6) is 0 Å². The van der Waals surface area contributed by atoms with Crippen LogP contribution in [0.4, 0.5) is 22.7 Å². The summed E-state index contributed by atoms with van der Waals surface area (Å²) in [7, 11) is -3.34. The van der Waals surface area contributed by atoms with Crippen LogP contribution in [-0.4, -0.2) is 97.3 Å². The molecule has 2 aromatic rings. The van der Waals surface area contributed by atoms with E-state index in [-0.39, 0.29) is 18.7 Å². The molecule has 17 nitrogen and oxygen atoms in total. The molecule has 0 spiro atoms. The number of aliphatic carboxylic acids is 2. The van der Waals surface area contributed by atoms with Crippen LogP contribution >= 0.6 is 0 Å². The lowest BCUT2D eigenvalue weighted by Gasteiger charge is -2.26. The van der Waals surface area contributed by atoms with Gasteiger partial charge in [0, 0.05) is 39.6 Å². The summed E-state index contributed by atoms with van der Waals surface area (Å²) in [5.74, 6) is -1.68. The highest BCUT2D eigenvalue weighted by Crippen LogP contribution is 2.43. The Balaban J connectivity index is 0.000000410. The highest BCUT2D eigenvalue weighted by atomic mass is 32.3. The number of benzene rings is 2. The lowest BCUT2D eigenvalue weighted by atomic mass is 9.90. The normalized spacial score (nSPS) is 13.4. The number of carbonyl (C=O) groups is 3. The molecule has 8 N–H and O–H groups in total. The Morgan fingerprint density at radius 1 is 0.667 bits per heavy atom. The number of carboxylic acids is 2. The Morgan fingerprint density at radius 3 is 1.27 bits per heavy atom. The second-order valence-electron chi connectivity index (χ2n) is 13.2. The van der Waals surface area contributed by atoms with Crippen molar-refractivity contribution in [2.75, 3.05) is 54.7 Å². The van der Waals surface area contributed by atoms with Crippen LogP contribution in [0.1, 0.15) is 65.3 Å². The third kappa shape index (κ3) is 13.2. The Hall–Kier alpha value is -4.01. The number of carboxylic acid groups (broad SMARTS) is 2. The van der Waals surface area contributed by atoms with E-state index < -0.39 is 38.2 Å². The van der Waals surface area contributed by atoms with Crippen LogP contribution in [0.3, 0.4) is 0 Å². The van der Waals surface area contributed by atoms with Gasteiger partial charge >= 0.3 is 32.7 Å². The number of nitrogens with one attached hydrogen (secondary N) is 2. The topological polar surface area (TPSA) is 271 Å². The van der Waals surface area contributed by atoms with Gasteiger partial charge in [-0.1, -0.05) is 20.8 Å². The first-order valence-electron chi connectivity index (χ1n) is 15.6. The number of nitrogens with zero attached hydrogens (tertiary/aromatic N) is 2. The molecule has 0 atom stereocenters. The zero-order valence-electron chi connectivity index (χ0n) is 30.5. The highest BCUT2D eigenvalue weighted by molar-refractivity contribution is 7.80. The molecule has 0 saturated carbocycles. The van der Waals surface area contributed by atoms with Gasteiger partial charge in [0.05, 0.1) is 35.6 Å². The van der Waals surface area contributed by atoms with Crippen molar-refractivity contribution >= 4 is 61.4 Å². The molecule has 4 rings (SSSR count). The second-order valence-corrected chi connectivity index (χ2v) is 15.0. The molecule has 0 aromatic heterocycles. The van der Waals surface area contributed by atoms with E-state index in [2.05, 4.69) is 27.5 Å². The van der Waals surface area contributed by atoms with Crippen molar-refractivity contribution in [1.29, 1.82) is 0 Å². The average Bonchev–Trinajstić information content (AvgIpc) is 3.52. The molecule has 288 valence electrons. The van der Waals surface area contributed by atoms with Gasteiger partial charge in [-0.2, -0.15) is 16.8 Å². The van der Waals surface area contributed by atoms with E-state index >= 15 is 0 Å². The molecular formula is C32H50N4O13S2. The summed E-state index contributed by atoms with van der Waals surface area (Å²) in [6, 6.07) is 0. The minimum absolute atomic E-state index is 0.0208. The van der Waals surface area contributed by atoms with Crippen molar-refractivity contribution in [2.24, 2.45) is 5.41 Å². The summed E-state index contributed by atoms with van der Waals surface area (Å²) >= 11 is 0. The van der Waals surface area contributed by atoms with Crippen molar-refractivity contribution in [3.8, 4) is 0 Å². The summed E-state index contributed by atoms with van der Waals surface area (Å²) in [6.45, 7) is 15.4. The third-order valence-electron chi connectivity index (χ3n) is 8.49. The molecule has 2 heterocycles. The number of carbonyl (C=O) groups excluding carboxylic acids is 1. The SMILES string of the molecule is CNc1c(C)c(CC(=O)O)c(C)c2c1N(C)CC2.Cc1c(CC(=O)O)c(C)c(NC(=O)C(C)(C)C)c2c1CCN2C.O=S(=O)(O)O.O=S(=O)(O)O. The van der Waals surface area contributed by atoms with E-state index in [1.54, 1.807) is 0 Å². The van der Waals surface area contributed by atoms with E-state index in [0.717, 1.165) is 81.9 Å². The van der Waals surface area contributed by atoms with Crippen LogP contribution in [0, 0.1) is 33.1 Å². The number of likely N-dealkylation sites (N-methyl/N-ethyl adjacent to an activating group) is 2. The molecule has 1 amide bonds. The van der Waals surface area contributed by atoms with Crippen molar-refractivity contribution in [2.45, 2.75) is 74.1 Å². The Bertz CT molecular complexity index is 1820. The molecular weight excluding hydrogens is 713 g/mol. The van der Waals surface area contributed by atoms with Crippen LogP contribution in [0.15, 0.2) is 0 Å². The Morgan fingerprint density at radius 2 is 0.980 bits per heavy atom. The van der Waals surface area contributed by atoms with Crippen LogP contribution in [-0.2, 0) is 60.9 Å². The van der Waals surface area contributed by atoms with Crippen LogP contribution in [0.2, 0.25) is 0 Å². The molecule has 2 aliphatic rings. The first-order chi connectivity index (χ1) is 23.0. The van der Waals surface area contributed by atoms with E-state index in [1.807, 2.05) is 62.6 Å². The summed E-state index contributed by atoms with van der Waals surface area (Å²) in [6.07, 6.45) is 1.96. The fraction of sp³-hybridized carbons (Fsp3) is 0.531. The van der Waals surface area contributed by atoms with Gasteiger partial charge in [0.25, 0.3) is 0 Å². The number of amides is 1. The van der Waals surface area contributed by atoms with Crippen molar-refractivity contribution < 1.29 is 59.6 Å². The predicted molar refractivity (Wildman–Crippen MR) is 194 cm³/mol. The molecule has 0 saturated heterocycles. The minimum Gasteiger partial charge on any atom is -0.481 e. The smallest absolute Gasteiger partial charge is 0.394 e. The third-order valence-corrected chi connectivity index (χ3v) is 8.49. The van der Waals surface area contributed by atoms with Gasteiger partial charge in [0.1, 0.15) is 0 Å². The summed E-state index contributed by atoms with van der Waals surface area (Å²) in [4.78, 5) is 39.1. The zero-order valence-corrected chi connectivity index (χ0v) is 32.1.